The second kappa shape index (κ2) is 6.08. The van der Waals surface area contributed by atoms with Crippen molar-refractivity contribution >= 4 is 5.69 Å². The fraction of sp³-hybridized carbons (Fsp3) is 0.158. The minimum atomic E-state index is -0.177. The second-order valence-electron chi connectivity index (χ2n) is 5.60. The molecule has 1 heterocycles. The first-order valence-electron chi connectivity index (χ1n) is 7.64. The fourth-order valence-electron chi connectivity index (χ4n) is 2.44. The van der Waals surface area contributed by atoms with Gasteiger partial charge in [-0.05, 0) is 30.5 Å². The largest absolute Gasteiger partial charge is 0.398 e. The van der Waals surface area contributed by atoms with Crippen LogP contribution in [0.5, 0.6) is 0 Å². The van der Waals surface area contributed by atoms with Crippen molar-refractivity contribution in [2.45, 2.75) is 20.3 Å². The second-order valence-corrected chi connectivity index (χ2v) is 5.60. The molecule has 3 N–H and O–H groups in total. The summed E-state index contributed by atoms with van der Waals surface area (Å²) in [5.74, 6) is 0.564. The van der Waals surface area contributed by atoms with E-state index in [1.807, 2.05) is 49.4 Å². The van der Waals surface area contributed by atoms with Gasteiger partial charge in [-0.2, -0.15) is 0 Å². The van der Waals surface area contributed by atoms with E-state index in [1.165, 1.54) is 11.6 Å². The summed E-state index contributed by atoms with van der Waals surface area (Å²) in [6.45, 7) is 4.06. The Bertz CT molecular complexity index is 895. The summed E-state index contributed by atoms with van der Waals surface area (Å²) < 4.78 is 0. The predicted molar refractivity (Wildman–Crippen MR) is 94.3 cm³/mol. The van der Waals surface area contributed by atoms with E-state index < -0.39 is 0 Å². The quantitative estimate of drug-likeness (QED) is 0.727. The van der Waals surface area contributed by atoms with Crippen molar-refractivity contribution in [2.24, 2.45) is 0 Å². The third-order valence-electron chi connectivity index (χ3n) is 3.95. The van der Waals surface area contributed by atoms with Crippen LogP contribution in [0.25, 0.3) is 22.6 Å². The SMILES string of the molecule is CCc1ccc(-c2nc(-c3ccc(C)c(N)c3)cc(=O)[nH]2)cc1. The van der Waals surface area contributed by atoms with Crippen LogP contribution in [0, 0.1) is 6.92 Å². The first kappa shape index (κ1) is 15.0. The maximum atomic E-state index is 12.0. The summed E-state index contributed by atoms with van der Waals surface area (Å²) in [7, 11) is 0. The van der Waals surface area contributed by atoms with Crippen molar-refractivity contribution in [3.8, 4) is 22.6 Å². The highest BCUT2D eigenvalue weighted by Gasteiger charge is 2.07. The molecule has 0 unspecified atom stereocenters. The van der Waals surface area contributed by atoms with E-state index in [0.717, 1.165) is 23.1 Å². The minimum Gasteiger partial charge on any atom is -0.398 e. The van der Waals surface area contributed by atoms with E-state index in [1.54, 1.807) is 0 Å². The van der Waals surface area contributed by atoms with Gasteiger partial charge in [0.05, 0.1) is 5.69 Å². The number of hydrogen-bond donors (Lipinski definition) is 2. The van der Waals surface area contributed by atoms with Crippen LogP contribution in [-0.2, 0) is 6.42 Å². The minimum absolute atomic E-state index is 0.177. The third kappa shape index (κ3) is 3.16. The molecule has 0 aliphatic heterocycles. The Morgan fingerprint density at radius 2 is 1.74 bits per heavy atom. The highest BCUT2D eigenvalue weighted by molar-refractivity contribution is 5.68. The lowest BCUT2D eigenvalue weighted by atomic mass is 10.1. The summed E-state index contributed by atoms with van der Waals surface area (Å²) in [5, 5.41) is 0. The van der Waals surface area contributed by atoms with Gasteiger partial charge in [0.2, 0.25) is 0 Å². The first-order chi connectivity index (χ1) is 11.1. The van der Waals surface area contributed by atoms with Crippen molar-refractivity contribution in [3.05, 3.63) is 70.0 Å². The molecule has 0 saturated heterocycles. The number of H-pyrrole nitrogens is 1. The number of nitrogens with zero attached hydrogens (tertiary/aromatic N) is 1. The number of nitrogen functional groups attached to an aromatic ring is 1. The van der Waals surface area contributed by atoms with Gasteiger partial charge in [0.25, 0.3) is 5.56 Å². The molecule has 1 aromatic heterocycles. The summed E-state index contributed by atoms with van der Waals surface area (Å²) in [6.07, 6.45) is 0.979. The van der Waals surface area contributed by atoms with E-state index in [2.05, 4.69) is 16.9 Å². The molecular formula is C19H19N3O. The third-order valence-corrected chi connectivity index (χ3v) is 3.95. The molecule has 0 saturated carbocycles. The van der Waals surface area contributed by atoms with Gasteiger partial charge < -0.3 is 10.7 Å². The molecule has 4 nitrogen and oxygen atoms in total. The summed E-state index contributed by atoms with van der Waals surface area (Å²) in [6, 6.07) is 15.3. The van der Waals surface area contributed by atoms with Gasteiger partial charge in [-0.25, -0.2) is 4.98 Å². The van der Waals surface area contributed by atoms with Crippen LogP contribution in [-0.4, -0.2) is 9.97 Å². The van der Waals surface area contributed by atoms with E-state index in [-0.39, 0.29) is 5.56 Å². The van der Waals surface area contributed by atoms with E-state index in [9.17, 15) is 4.79 Å². The predicted octanol–water partition coefficient (Wildman–Crippen LogP) is 3.56. The molecule has 0 atom stereocenters. The van der Waals surface area contributed by atoms with Gasteiger partial charge in [0, 0.05) is 22.9 Å². The topological polar surface area (TPSA) is 71.8 Å². The van der Waals surface area contributed by atoms with Gasteiger partial charge in [-0.3, -0.25) is 4.79 Å². The zero-order valence-electron chi connectivity index (χ0n) is 13.3. The van der Waals surface area contributed by atoms with Crippen LogP contribution in [0.15, 0.2) is 53.3 Å². The van der Waals surface area contributed by atoms with Gasteiger partial charge >= 0.3 is 0 Å². The van der Waals surface area contributed by atoms with Crippen molar-refractivity contribution < 1.29 is 0 Å². The molecule has 0 aliphatic rings. The van der Waals surface area contributed by atoms with Crippen molar-refractivity contribution in [1.29, 1.82) is 0 Å². The molecule has 0 aliphatic carbocycles. The standard InChI is InChI=1S/C19H19N3O/c1-3-13-5-8-14(9-6-13)19-21-17(11-18(23)22-19)15-7-4-12(2)16(20)10-15/h4-11H,3,20H2,1-2H3,(H,21,22,23). The Kier molecular flexibility index (Phi) is 3.98. The van der Waals surface area contributed by atoms with Gasteiger partial charge in [-0.15, -0.1) is 0 Å². The lowest BCUT2D eigenvalue weighted by Gasteiger charge is -2.07. The molecule has 0 radical (unpaired) electrons. The number of anilines is 1. The van der Waals surface area contributed by atoms with Crippen LogP contribution >= 0.6 is 0 Å². The monoisotopic (exact) mass is 305 g/mol. The maximum Gasteiger partial charge on any atom is 0.251 e. The number of benzene rings is 2. The van der Waals surface area contributed by atoms with E-state index in [0.29, 0.717) is 17.2 Å². The molecule has 3 aromatic rings. The highest BCUT2D eigenvalue weighted by atomic mass is 16.1. The number of nitrogens with two attached hydrogens (primary N) is 1. The molecule has 0 fully saturated rings. The number of aromatic nitrogens is 2. The number of nitrogens with one attached hydrogen (secondary N) is 1. The van der Waals surface area contributed by atoms with Gasteiger partial charge in [0.1, 0.15) is 5.82 Å². The number of hydrogen-bond acceptors (Lipinski definition) is 3. The molecule has 0 amide bonds. The van der Waals surface area contributed by atoms with Crippen LogP contribution in [0.4, 0.5) is 5.69 Å². The maximum absolute atomic E-state index is 12.0. The summed E-state index contributed by atoms with van der Waals surface area (Å²) >= 11 is 0. The van der Waals surface area contributed by atoms with Gasteiger partial charge in [-0.1, -0.05) is 43.3 Å². The van der Waals surface area contributed by atoms with Crippen molar-refractivity contribution in [2.75, 3.05) is 5.73 Å². The average Bonchev–Trinajstić information content (AvgIpc) is 2.57. The number of aromatic amines is 1. The Balaban J connectivity index is 2.07. The normalized spacial score (nSPS) is 10.7. The summed E-state index contributed by atoms with van der Waals surface area (Å²) in [5.41, 5.74) is 11.1. The number of aryl methyl sites for hydroxylation is 2. The molecule has 116 valence electrons. The molecule has 2 aromatic carbocycles. The molecule has 0 spiro atoms. The molecule has 0 bridgehead atoms. The van der Waals surface area contributed by atoms with Gasteiger partial charge in [0.15, 0.2) is 0 Å². The van der Waals surface area contributed by atoms with Crippen molar-refractivity contribution in [1.82, 2.24) is 9.97 Å². The molecular weight excluding hydrogens is 286 g/mol. The van der Waals surface area contributed by atoms with Crippen molar-refractivity contribution in [3.63, 3.8) is 0 Å². The number of rotatable bonds is 3. The van der Waals surface area contributed by atoms with E-state index in [4.69, 9.17) is 5.73 Å². The zero-order valence-corrected chi connectivity index (χ0v) is 13.3. The Hall–Kier alpha value is -2.88. The highest BCUT2D eigenvalue weighted by Crippen LogP contribution is 2.23. The summed E-state index contributed by atoms with van der Waals surface area (Å²) in [4.78, 5) is 19.4. The lowest BCUT2D eigenvalue weighted by molar-refractivity contribution is 1.12. The van der Waals surface area contributed by atoms with Crippen LogP contribution in [0.2, 0.25) is 0 Å². The fourth-order valence-corrected chi connectivity index (χ4v) is 2.44. The Labute approximate surface area is 135 Å². The molecule has 4 heteroatoms. The smallest absolute Gasteiger partial charge is 0.251 e. The molecule has 3 rings (SSSR count). The molecule has 23 heavy (non-hydrogen) atoms. The van der Waals surface area contributed by atoms with Crippen LogP contribution < -0.4 is 11.3 Å². The van der Waals surface area contributed by atoms with Crippen LogP contribution in [0.3, 0.4) is 0 Å². The first-order valence-corrected chi connectivity index (χ1v) is 7.64. The van der Waals surface area contributed by atoms with E-state index >= 15 is 0 Å². The Morgan fingerprint density at radius 1 is 1.04 bits per heavy atom. The van der Waals surface area contributed by atoms with Crippen LogP contribution in [0.1, 0.15) is 18.1 Å². The average molecular weight is 305 g/mol. The Morgan fingerprint density at radius 3 is 2.39 bits per heavy atom. The zero-order chi connectivity index (χ0) is 16.4. The lowest BCUT2D eigenvalue weighted by Crippen LogP contribution is -2.08.